The SMILES string of the molecule is O=C(c1ccn(C2CCCNC2)n1)N1CCC(CN2CCOCC2)CC1. The highest BCUT2D eigenvalue weighted by Crippen LogP contribution is 2.21. The van der Waals surface area contributed by atoms with Gasteiger partial charge in [-0.15, -0.1) is 0 Å². The van der Waals surface area contributed by atoms with Gasteiger partial charge in [0.25, 0.3) is 5.91 Å². The van der Waals surface area contributed by atoms with Gasteiger partial charge in [0, 0.05) is 45.5 Å². The van der Waals surface area contributed by atoms with Gasteiger partial charge in [0.2, 0.25) is 0 Å². The maximum Gasteiger partial charge on any atom is 0.274 e. The van der Waals surface area contributed by atoms with Gasteiger partial charge in [-0.05, 0) is 44.2 Å². The van der Waals surface area contributed by atoms with Crippen LogP contribution in [0.3, 0.4) is 0 Å². The lowest BCUT2D eigenvalue weighted by atomic mass is 9.96. The minimum atomic E-state index is 0.0948. The van der Waals surface area contributed by atoms with Crippen molar-refractivity contribution in [1.29, 1.82) is 0 Å². The molecule has 0 spiro atoms. The second-order valence-electron chi connectivity index (χ2n) is 7.83. The molecule has 26 heavy (non-hydrogen) atoms. The molecule has 4 heterocycles. The lowest BCUT2D eigenvalue weighted by Gasteiger charge is -2.35. The zero-order valence-corrected chi connectivity index (χ0v) is 15.6. The van der Waals surface area contributed by atoms with Crippen LogP contribution >= 0.6 is 0 Å². The number of nitrogens with zero attached hydrogens (tertiary/aromatic N) is 4. The summed E-state index contributed by atoms with van der Waals surface area (Å²) < 4.78 is 7.40. The average Bonchev–Trinajstić information content (AvgIpc) is 3.20. The van der Waals surface area contributed by atoms with Crippen LogP contribution in [0.15, 0.2) is 12.3 Å². The maximum atomic E-state index is 12.8. The fourth-order valence-corrected chi connectivity index (χ4v) is 4.34. The number of piperidine rings is 2. The highest BCUT2D eigenvalue weighted by molar-refractivity contribution is 5.92. The molecule has 0 radical (unpaired) electrons. The number of likely N-dealkylation sites (tertiary alicyclic amines) is 1. The molecular formula is C19H31N5O2. The summed E-state index contributed by atoms with van der Waals surface area (Å²) in [6, 6.07) is 2.26. The first-order valence-corrected chi connectivity index (χ1v) is 10.1. The van der Waals surface area contributed by atoms with Crippen LogP contribution in [-0.4, -0.2) is 84.5 Å². The molecule has 7 heteroatoms. The second kappa shape index (κ2) is 8.50. The maximum absolute atomic E-state index is 12.8. The fraction of sp³-hybridized carbons (Fsp3) is 0.789. The minimum absolute atomic E-state index is 0.0948. The van der Waals surface area contributed by atoms with Gasteiger partial charge in [-0.3, -0.25) is 14.4 Å². The van der Waals surface area contributed by atoms with Gasteiger partial charge in [0.15, 0.2) is 0 Å². The van der Waals surface area contributed by atoms with E-state index < -0.39 is 0 Å². The molecule has 1 aromatic rings. The zero-order chi connectivity index (χ0) is 17.8. The Morgan fingerprint density at radius 1 is 1.19 bits per heavy atom. The summed E-state index contributed by atoms with van der Waals surface area (Å²) in [5, 5.41) is 7.99. The number of carbonyl (C=O) groups is 1. The number of ether oxygens (including phenoxy) is 1. The van der Waals surface area contributed by atoms with E-state index in [-0.39, 0.29) is 5.91 Å². The summed E-state index contributed by atoms with van der Waals surface area (Å²) in [4.78, 5) is 17.3. The van der Waals surface area contributed by atoms with Gasteiger partial charge >= 0.3 is 0 Å². The monoisotopic (exact) mass is 361 g/mol. The first kappa shape index (κ1) is 17.9. The van der Waals surface area contributed by atoms with Crippen molar-refractivity contribution in [2.75, 3.05) is 59.0 Å². The van der Waals surface area contributed by atoms with Crippen molar-refractivity contribution in [1.82, 2.24) is 24.9 Å². The largest absolute Gasteiger partial charge is 0.379 e. The summed E-state index contributed by atoms with van der Waals surface area (Å²) in [7, 11) is 0. The molecule has 0 bridgehead atoms. The smallest absolute Gasteiger partial charge is 0.274 e. The minimum Gasteiger partial charge on any atom is -0.379 e. The van der Waals surface area contributed by atoms with Crippen molar-refractivity contribution in [2.45, 2.75) is 31.7 Å². The topological polar surface area (TPSA) is 62.6 Å². The Morgan fingerprint density at radius 2 is 2.00 bits per heavy atom. The third kappa shape index (κ3) is 4.27. The number of amides is 1. The number of aromatic nitrogens is 2. The second-order valence-corrected chi connectivity index (χ2v) is 7.83. The molecule has 1 aromatic heterocycles. The molecule has 144 valence electrons. The first-order valence-electron chi connectivity index (χ1n) is 10.1. The van der Waals surface area contributed by atoms with Crippen LogP contribution in [0.25, 0.3) is 0 Å². The van der Waals surface area contributed by atoms with Crippen LogP contribution < -0.4 is 5.32 Å². The van der Waals surface area contributed by atoms with Gasteiger partial charge in [-0.25, -0.2) is 0 Å². The van der Waals surface area contributed by atoms with E-state index in [1.54, 1.807) is 0 Å². The highest BCUT2D eigenvalue weighted by Gasteiger charge is 2.27. The number of hydrogen-bond donors (Lipinski definition) is 1. The highest BCUT2D eigenvalue weighted by atomic mass is 16.5. The molecule has 3 fully saturated rings. The number of hydrogen-bond acceptors (Lipinski definition) is 5. The predicted octanol–water partition coefficient (Wildman–Crippen LogP) is 0.992. The summed E-state index contributed by atoms with van der Waals surface area (Å²) in [6.45, 7) is 8.70. The molecule has 0 saturated carbocycles. The molecule has 1 atom stereocenters. The quantitative estimate of drug-likeness (QED) is 0.867. The Morgan fingerprint density at radius 3 is 2.73 bits per heavy atom. The van der Waals surface area contributed by atoms with E-state index in [0.29, 0.717) is 17.7 Å². The molecule has 3 aliphatic rings. The van der Waals surface area contributed by atoms with Gasteiger partial charge < -0.3 is 15.0 Å². The fourth-order valence-electron chi connectivity index (χ4n) is 4.34. The van der Waals surface area contributed by atoms with Crippen LogP contribution in [0.2, 0.25) is 0 Å². The van der Waals surface area contributed by atoms with E-state index in [1.807, 2.05) is 21.8 Å². The molecular weight excluding hydrogens is 330 g/mol. The summed E-state index contributed by atoms with van der Waals surface area (Å²) in [5.41, 5.74) is 0.599. The molecule has 1 amide bonds. The van der Waals surface area contributed by atoms with Crippen molar-refractivity contribution >= 4 is 5.91 Å². The molecule has 1 N–H and O–H groups in total. The molecule has 3 aliphatic heterocycles. The van der Waals surface area contributed by atoms with Gasteiger partial charge in [-0.1, -0.05) is 0 Å². The van der Waals surface area contributed by atoms with E-state index in [9.17, 15) is 4.79 Å². The van der Waals surface area contributed by atoms with Crippen molar-refractivity contribution in [2.24, 2.45) is 5.92 Å². The summed E-state index contributed by atoms with van der Waals surface area (Å²) >= 11 is 0. The van der Waals surface area contributed by atoms with Crippen molar-refractivity contribution in [3.63, 3.8) is 0 Å². The molecule has 1 unspecified atom stereocenters. The number of rotatable bonds is 4. The van der Waals surface area contributed by atoms with Crippen molar-refractivity contribution in [3.8, 4) is 0 Å². The van der Waals surface area contributed by atoms with E-state index in [1.165, 1.54) is 6.42 Å². The molecule has 7 nitrogen and oxygen atoms in total. The lowest BCUT2D eigenvalue weighted by molar-refractivity contribution is 0.0242. The van der Waals surface area contributed by atoms with Gasteiger partial charge in [0.05, 0.1) is 19.3 Å². The molecule has 3 saturated heterocycles. The van der Waals surface area contributed by atoms with Crippen LogP contribution in [0.1, 0.15) is 42.2 Å². The Hall–Kier alpha value is -1.44. The molecule has 0 aliphatic carbocycles. The predicted molar refractivity (Wildman–Crippen MR) is 99.3 cm³/mol. The lowest BCUT2D eigenvalue weighted by Crippen LogP contribution is -2.44. The Kier molecular flexibility index (Phi) is 5.87. The third-order valence-corrected chi connectivity index (χ3v) is 5.99. The average molecular weight is 361 g/mol. The van der Waals surface area contributed by atoms with Crippen LogP contribution in [0.5, 0.6) is 0 Å². The van der Waals surface area contributed by atoms with E-state index >= 15 is 0 Å². The third-order valence-electron chi connectivity index (χ3n) is 5.99. The van der Waals surface area contributed by atoms with Gasteiger partial charge in [0.1, 0.15) is 5.69 Å². The Labute approximate surface area is 155 Å². The van der Waals surface area contributed by atoms with Crippen LogP contribution in [-0.2, 0) is 4.74 Å². The number of carbonyl (C=O) groups excluding carboxylic acids is 1. The summed E-state index contributed by atoms with van der Waals surface area (Å²) in [6.07, 6.45) is 6.46. The van der Waals surface area contributed by atoms with Crippen molar-refractivity contribution in [3.05, 3.63) is 18.0 Å². The number of morpholine rings is 1. The van der Waals surface area contributed by atoms with E-state index in [4.69, 9.17) is 4.74 Å². The first-order chi connectivity index (χ1) is 12.8. The van der Waals surface area contributed by atoms with Crippen LogP contribution in [0, 0.1) is 5.92 Å². The molecule has 4 rings (SSSR count). The van der Waals surface area contributed by atoms with E-state index in [2.05, 4.69) is 15.3 Å². The standard InChI is InChI=1S/C19H31N5O2/c25-19(18-5-9-24(21-18)17-2-1-6-20-14-17)23-7-3-16(4-8-23)15-22-10-12-26-13-11-22/h5,9,16-17,20H,1-4,6-8,10-15H2. The number of nitrogens with one attached hydrogen (secondary N) is 1. The Balaban J connectivity index is 1.27. The zero-order valence-electron chi connectivity index (χ0n) is 15.6. The normalized spacial score (nSPS) is 26.2. The van der Waals surface area contributed by atoms with Gasteiger partial charge in [-0.2, -0.15) is 5.10 Å². The summed E-state index contributed by atoms with van der Waals surface area (Å²) in [5.74, 6) is 0.792. The molecule has 0 aromatic carbocycles. The van der Waals surface area contributed by atoms with Crippen LogP contribution in [0.4, 0.5) is 0 Å². The van der Waals surface area contributed by atoms with E-state index in [0.717, 1.165) is 78.3 Å². The van der Waals surface area contributed by atoms with Crippen molar-refractivity contribution < 1.29 is 9.53 Å². The Bertz CT molecular complexity index is 585.